The Morgan fingerprint density at radius 1 is 1.14 bits per heavy atom. The van der Waals surface area contributed by atoms with Gasteiger partial charge in [-0.2, -0.15) is 13.2 Å². The lowest BCUT2D eigenvalue weighted by Crippen LogP contribution is -2.54. The van der Waals surface area contributed by atoms with Crippen LogP contribution in [0.4, 0.5) is 13.2 Å². The summed E-state index contributed by atoms with van der Waals surface area (Å²) in [5, 5.41) is 21.1. The third-order valence-electron chi connectivity index (χ3n) is 9.01. The fourth-order valence-corrected chi connectivity index (χ4v) is 6.55. The van der Waals surface area contributed by atoms with Crippen LogP contribution in [0.3, 0.4) is 0 Å². The van der Waals surface area contributed by atoms with Crippen molar-refractivity contribution >= 4 is 11.8 Å². The third kappa shape index (κ3) is 6.34. The average molecular weight is 612 g/mol. The van der Waals surface area contributed by atoms with Gasteiger partial charge in [0.1, 0.15) is 11.4 Å². The van der Waals surface area contributed by atoms with Crippen molar-refractivity contribution in [1.82, 2.24) is 20.9 Å². The SMILES string of the molecule is CCNC(=O)C1=C(C(N)=O)N2C([C@H](Cc3ccccc3)[C@@H](O)CNC3(c4cccc(C(F)(F)F)c4)CC3)=CC(CC)C2CN1. The maximum absolute atomic E-state index is 13.4. The molecule has 1 fully saturated rings. The number of carbonyl (C=O) groups is 2. The van der Waals surface area contributed by atoms with Crippen LogP contribution in [0.2, 0.25) is 0 Å². The summed E-state index contributed by atoms with van der Waals surface area (Å²) in [5.74, 6) is -1.67. The normalized spacial score (nSPS) is 22.0. The molecule has 2 aromatic carbocycles. The van der Waals surface area contributed by atoms with Crippen molar-refractivity contribution in [1.29, 1.82) is 0 Å². The van der Waals surface area contributed by atoms with E-state index in [0.717, 1.165) is 18.1 Å². The Kier molecular flexibility index (Phi) is 9.08. The van der Waals surface area contributed by atoms with Gasteiger partial charge in [0.2, 0.25) is 0 Å². The number of hydrogen-bond donors (Lipinski definition) is 5. The van der Waals surface area contributed by atoms with Gasteiger partial charge < -0.3 is 31.7 Å². The Morgan fingerprint density at radius 2 is 1.86 bits per heavy atom. The molecule has 4 atom stereocenters. The van der Waals surface area contributed by atoms with Crippen molar-refractivity contribution in [3.63, 3.8) is 0 Å². The van der Waals surface area contributed by atoms with Crippen LogP contribution in [-0.2, 0) is 27.7 Å². The number of rotatable bonds is 12. The second-order valence-electron chi connectivity index (χ2n) is 11.8. The Balaban J connectivity index is 1.48. The Labute approximate surface area is 255 Å². The summed E-state index contributed by atoms with van der Waals surface area (Å²) in [4.78, 5) is 27.8. The summed E-state index contributed by atoms with van der Waals surface area (Å²) >= 11 is 0. The van der Waals surface area contributed by atoms with Crippen LogP contribution in [0.15, 0.2) is 77.8 Å². The molecule has 2 heterocycles. The Bertz CT molecular complexity index is 1440. The van der Waals surface area contributed by atoms with Crippen molar-refractivity contribution in [2.75, 3.05) is 19.6 Å². The number of nitrogens with one attached hydrogen (secondary N) is 3. The lowest BCUT2D eigenvalue weighted by Gasteiger charge is -2.41. The summed E-state index contributed by atoms with van der Waals surface area (Å²) in [5.41, 5.74) is 6.94. The van der Waals surface area contributed by atoms with Gasteiger partial charge in [0, 0.05) is 42.7 Å². The summed E-state index contributed by atoms with van der Waals surface area (Å²) in [6.45, 7) is 4.72. The molecule has 3 aliphatic rings. The van der Waals surface area contributed by atoms with Crippen LogP contribution in [-0.4, -0.2) is 53.6 Å². The zero-order chi connectivity index (χ0) is 31.6. The summed E-state index contributed by atoms with van der Waals surface area (Å²) in [6, 6.07) is 14.8. The van der Waals surface area contributed by atoms with Crippen LogP contribution in [0.5, 0.6) is 0 Å². The number of fused-ring (bicyclic) bond motifs is 1. The molecule has 0 saturated heterocycles. The molecule has 6 N–H and O–H groups in total. The molecule has 2 aromatic rings. The maximum Gasteiger partial charge on any atom is 0.416 e. The highest BCUT2D eigenvalue weighted by molar-refractivity contribution is 6.04. The molecule has 0 bridgehead atoms. The van der Waals surface area contributed by atoms with E-state index >= 15 is 0 Å². The summed E-state index contributed by atoms with van der Waals surface area (Å²) < 4.78 is 40.3. The van der Waals surface area contributed by atoms with Gasteiger partial charge in [0.15, 0.2) is 0 Å². The van der Waals surface area contributed by atoms with Crippen LogP contribution in [0.1, 0.15) is 49.8 Å². The first-order valence-electron chi connectivity index (χ1n) is 15.2. The maximum atomic E-state index is 13.4. The number of alkyl halides is 3. The van der Waals surface area contributed by atoms with Crippen molar-refractivity contribution < 1.29 is 27.9 Å². The molecule has 2 unspecified atom stereocenters. The number of nitrogens with zero attached hydrogens (tertiary/aromatic N) is 1. The summed E-state index contributed by atoms with van der Waals surface area (Å²) in [6.07, 6.45) is -0.855. The zero-order valence-corrected chi connectivity index (χ0v) is 25.0. The number of likely N-dealkylation sites (N-methyl/N-ethyl adjacent to an activating group) is 1. The molecule has 44 heavy (non-hydrogen) atoms. The number of benzene rings is 2. The zero-order valence-electron chi connectivity index (χ0n) is 25.0. The van der Waals surface area contributed by atoms with E-state index in [4.69, 9.17) is 5.73 Å². The number of primary amides is 1. The van der Waals surface area contributed by atoms with E-state index in [2.05, 4.69) is 22.0 Å². The monoisotopic (exact) mass is 611 g/mol. The van der Waals surface area contributed by atoms with Crippen molar-refractivity contribution in [3.8, 4) is 0 Å². The lowest BCUT2D eigenvalue weighted by atomic mass is 9.89. The first-order chi connectivity index (χ1) is 21.0. The van der Waals surface area contributed by atoms with Gasteiger partial charge in [-0.15, -0.1) is 0 Å². The number of carbonyl (C=O) groups excluding carboxylic acids is 2. The quantitative estimate of drug-likeness (QED) is 0.251. The highest BCUT2D eigenvalue weighted by Crippen LogP contribution is 2.47. The third-order valence-corrected chi connectivity index (χ3v) is 9.01. The molecule has 2 aliphatic heterocycles. The predicted octanol–water partition coefficient (Wildman–Crippen LogP) is 3.53. The van der Waals surface area contributed by atoms with Gasteiger partial charge in [-0.05, 0) is 55.9 Å². The minimum absolute atomic E-state index is 0.0287. The number of nitrogens with two attached hydrogens (primary N) is 1. The minimum Gasteiger partial charge on any atom is -0.391 e. The number of amides is 2. The van der Waals surface area contributed by atoms with Gasteiger partial charge in [-0.3, -0.25) is 9.59 Å². The van der Waals surface area contributed by atoms with E-state index in [1.807, 2.05) is 42.2 Å². The van der Waals surface area contributed by atoms with Crippen LogP contribution in [0, 0.1) is 11.8 Å². The topological polar surface area (TPSA) is 120 Å². The van der Waals surface area contributed by atoms with E-state index < -0.39 is 41.1 Å². The summed E-state index contributed by atoms with van der Waals surface area (Å²) in [7, 11) is 0. The predicted molar refractivity (Wildman–Crippen MR) is 160 cm³/mol. The van der Waals surface area contributed by atoms with E-state index in [1.54, 1.807) is 13.0 Å². The first-order valence-corrected chi connectivity index (χ1v) is 15.2. The molecular formula is C33H40F3N5O3. The lowest BCUT2D eigenvalue weighted by molar-refractivity contribution is -0.137. The van der Waals surface area contributed by atoms with Crippen molar-refractivity contribution in [2.45, 2.75) is 63.4 Å². The first kappa shape index (κ1) is 31.6. The molecule has 11 heteroatoms. The molecule has 2 amide bonds. The number of hydrogen-bond acceptors (Lipinski definition) is 6. The fourth-order valence-electron chi connectivity index (χ4n) is 6.55. The average Bonchev–Trinajstić information content (AvgIpc) is 3.72. The second kappa shape index (κ2) is 12.6. The molecule has 8 nitrogen and oxygen atoms in total. The van der Waals surface area contributed by atoms with E-state index in [0.29, 0.717) is 43.6 Å². The molecule has 1 saturated carbocycles. The second-order valence-corrected chi connectivity index (χ2v) is 11.8. The largest absolute Gasteiger partial charge is 0.416 e. The number of aliphatic hydroxyl groups excluding tert-OH is 1. The van der Waals surface area contributed by atoms with Crippen LogP contribution >= 0.6 is 0 Å². The van der Waals surface area contributed by atoms with Crippen LogP contribution < -0.4 is 21.7 Å². The van der Waals surface area contributed by atoms with Crippen LogP contribution in [0.25, 0.3) is 0 Å². The molecule has 1 aliphatic carbocycles. The fraction of sp³-hybridized carbons (Fsp3) is 0.455. The van der Waals surface area contributed by atoms with Gasteiger partial charge >= 0.3 is 6.18 Å². The molecule has 0 spiro atoms. The van der Waals surface area contributed by atoms with E-state index in [-0.39, 0.29) is 29.9 Å². The molecule has 0 radical (unpaired) electrons. The Hall–Kier alpha value is -3.83. The molecule has 0 aromatic heterocycles. The van der Waals surface area contributed by atoms with Crippen molar-refractivity contribution in [3.05, 3.63) is 94.5 Å². The molecular weight excluding hydrogens is 571 g/mol. The number of halogens is 3. The van der Waals surface area contributed by atoms with Gasteiger partial charge in [0.05, 0.1) is 17.7 Å². The highest BCUT2D eigenvalue weighted by Gasteiger charge is 2.48. The standard InChI is InChI=1S/C33H40F3N5O3/c1-3-21-16-25(41-26(21)18-39-28(29(41)30(37)43)31(44)38-4-2)24(15-20-9-6-5-7-10-20)27(42)19-40-32(13-14-32)22-11-8-12-23(17-22)33(34,35)36/h5-12,16-17,21,24,26-27,39-40,42H,3-4,13-15,18-19H2,1-2H3,(H2,37,43)(H,38,44)/t21?,24-,26?,27-/m0/s1. The number of aliphatic hydroxyl groups is 1. The molecule has 236 valence electrons. The van der Waals surface area contributed by atoms with Crippen molar-refractivity contribution in [2.24, 2.45) is 17.6 Å². The van der Waals surface area contributed by atoms with Gasteiger partial charge in [0.25, 0.3) is 11.8 Å². The van der Waals surface area contributed by atoms with E-state index in [9.17, 15) is 27.9 Å². The molecule has 5 rings (SSSR count). The van der Waals surface area contributed by atoms with Gasteiger partial charge in [-0.25, -0.2) is 0 Å². The van der Waals surface area contributed by atoms with Gasteiger partial charge in [-0.1, -0.05) is 55.5 Å². The van der Waals surface area contributed by atoms with E-state index in [1.165, 1.54) is 12.1 Å². The Morgan fingerprint density at radius 3 is 2.48 bits per heavy atom. The minimum atomic E-state index is -4.45. The highest BCUT2D eigenvalue weighted by atomic mass is 19.4. The smallest absolute Gasteiger partial charge is 0.391 e.